The molecule has 0 spiro atoms. The van der Waals surface area contributed by atoms with E-state index >= 15 is 0 Å². The minimum absolute atomic E-state index is 0.145. The summed E-state index contributed by atoms with van der Waals surface area (Å²) >= 11 is 5.83. The van der Waals surface area contributed by atoms with Crippen LogP contribution in [0.1, 0.15) is 44.6 Å². The lowest BCUT2D eigenvalue weighted by Gasteiger charge is -2.03. The number of hydrogen-bond acceptors (Lipinski definition) is 3. The summed E-state index contributed by atoms with van der Waals surface area (Å²) in [4.78, 5) is 27.4. The molecule has 1 aromatic carbocycles. The maximum absolute atomic E-state index is 12.6. The second-order valence-corrected chi connectivity index (χ2v) is 5.12. The van der Waals surface area contributed by atoms with Gasteiger partial charge in [0.15, 0.2) is 5.78 Å². The molecule has 4 nitrogen and oxygen atoms in total. The molecule has 0 aliphatic heterocycles. The van der Waals surface area contributed by atoms with E-state index in [4.69, 9.17) is 16.3 Å². The van der Waals surface area contributed by atoms with Gasteiger partial charge in [0.05, 0.1) is 6.61 Å². The highest BCUT2D eigenvalue weighted by molar-refractivity contribution is 6.30. The number of nitrogens with one attached hydrogen (secondary N) is 1. The van der Waals surface area contributed by atoms with Gasteiger partial charge in [-0.05, 0) is 50.6 Å². The monoisotopic (exact) mass is 305 g/mol. The molecule has 0 aliphatic carbocycles. The van der Waals surface area contributed by atoms with Crippen LogP contribution < -0.4 is 0 Å². The molecular weight excluding hydrogens is 290 g/mol. The van der Waals surface area contributed by atoms with Crippen molar-refractivity contribution in [1.82, 2.24) is 4.98 Å². The van der Waals surface area contributed by atoms with Gasteiger partial charge in [-0.15, -0.1) is 0 Å². The van der Waals surface area contributed by atoms with Gasteiger partial charge in [-0.3, -0.25) is 4.79 Å². The van der Waals surface area contributed by atoms with Gasteiger partial charge in [-0.2, -0.15) is 0 Å². The van der Waals surface area contributed by atoms with Crippen molar-refractivity contribution in [2.75, 3.05) is 6.61 Å². The normalized spacial score (nSPS) is 10.5. The fourth-order valence-electron chi connectivity index (χ4n) is 2.24. The Hall–Kier alpha value is -2.07. The molecule has 2 aromatic rings. The second-order valence-electron chi connectivity index (χ2n) is 4.68. The number of hydrogen-bond donors (Lipinski definition) is 1. The molecule has 0 saturated carbocycles. The Labute approximate surface area is 128 Å². The smallest absolute Gasteiger partial charge is 0.355 e. The van der Waals surface area contributed by atoms with Crippen molar-refractivity contribution in [3.8, 4) is 0 Å². The van der Waals surface area contributed by atoms with Crippen LogP contribution in [0.2, 0.25) is 5.02 Å². The highest BCUT2D eigenvalue weighted by Crippen LogP contribution is 2.23. The molecule has 0 unspecified atom stereocenters. The predicted molar refractivity (Wildman–Crippen MR) is 81.1 cm³/mol. The average molecular weight is 306 g/mol. The third-order valence-electron chi connectivity index (χ3n) is 3.25. The van der Waals surface area contributed by atoms with Crippen molar-refractivity contribution in [3.63, 3.8) is 0 Å². The first kappa shape index (κ1) is 15.3. The summed E-state index contributed by atoms with van der Waals surface area (Å²) in [6.07, 6.45) is 0. The summed E-state index contributed by atoms with van der Waals surface area (Å²) in [5.74, 6) is -0.596. The average Bonchev–Trinajstić information content (AvgIpc) is 2.74. The largest absolute Gasteiger partial charge is 0.461 e. The molecule has 0 saturated heterocycles. The van der Waals surface area contributed by atoms with Crippen LogP contribution in [0, 0.1) is 13.8 Å². The van der Waals surface area contributed by atoms with Crippen LogP contribution in [0.25, 0.3) is 0 Å². The molecule has 0 bridgehead atoms. The van der Waals surface area contributed by atoms with Crippen molar-refractivity contribution in [2.45, 2.75) is 20.8 Å². The van der Waals surface area contributed by atoms with Crippen LogP contribution in [0.3, 0.4) is 0 Å². The number of H-pyrrole nitrogens is 1. The quantitative estimate of drug-likeness (QED) is 0.692. The van der Waals surface area contributed by atoms with Gasteiger partial charge in [0, 0.05) is 21.8 Å². The first-order valence-corrected chi connectivity index (χ1v) is 7.00. The number of ether oxygens (including phenoxy) is 1. The third-order valence-corrected chi connectivity index (χ3v) is 3.50. The van der Waals surface area contributed by atoms with Gasteiger partial charge < -0.3 is 9.72 Å². The molecule has 110 valence electrons. The zero-order valence-electron chi connectivity index (χ0n) is 12.1. The molecule has 1 heterocycles. The Morgan fingerprint density at radius 2 is 1.81 bits per heavy atom. The molecule has 0 amide bonds. The summed E-state index contributed by atoms with van der Waals surface area (Å²) in [7, 11) is 0. The Bertz CT molecular complexity index is 686. The van der Waals surface area contributed by atoms with Gasteiger partial charge in [0.25, 0.3) is 0 Å². The van der Waals surface area contributed by atoms with E-state index in [2.05, 4.69) is 4.98 Å². The molecule has 1 N–H and O–H groups in total. The van der Waals surface area contributed by atoms with E-state index < -0.39 is 5.97 Å². The Balaban J connectivity index is 2.42. The molecular formula is C16H16ClNO3. The molecule has 0 atom stereocenters. The van der Waals surface area contributed by atoms with E-state index in [9.17, 15) is 9.59 Å². The maximum atomic E-state index is 12.6. The van der Waals surface area contributed by atoms with Crippen LogP contribution >= 0.6 is 11.6 Å². The molecule has 0 aliphatic rings. The SMILES string of the molecule is CCOC(=O)c1[nH]c(C)c(C(=O)c2ccc(Cl)cc2)c1C. The topological polar surface area (TPSA) is 59.2 Å². The number of aryl methyl sites for hydroxylation is 1. The van der Waals surface area contributed by atoms with Crippen LogP contribution in [-0.4, -0.2) is 23.3 Å². The lowest BCUT2D eigenvalue weighted by Crippen LogP contribution is -2.08. The fraction of sp³-hybridized carbons (Fsp3) is 0.250. The van der Waals surface area contributed by atoms with Crippen molar-refractivity contribution >= 4 is 23.4 Å². The van der Waals surface area contributed by atoms with Crippen LogP contribution in [0.5, 0.6) is 0 Å². The molecule has 0 fully saturated rings. The molecule has 0 radical (unpaired) electrons. The van der Waals surface area contributed by atoms with E-state index in [1.807, 2.05) is 0 Å². The predicted octanol–water partition coefficient (Wildman–Crippen LogP) is 3.69. The zero-order chi connectivity index (χ0) is 15.6. The number of esters is 1. The van der Waals surface area contributed by atoms with E-state index in [1.54, 1.807) is 45.0 Å². The van der Waals surface area contributed by atoms with E-state index in [0.717, 1.165) is 0 Å². The first-order valence-electron chi connectivity index (χ1n) is 6.62. The Kier molecular flexibility index (Phi) is 4.48. The van der Waals surface area contributed by atoms with Gasteiger partial charge in [0.1, 0.15) is 5.69 Å². The first-order chi connectivity index (χ1) is 9.95. The number of aromatic amines is 1. The van der Waals surface area contributed by atoms with Gasteiger partial charge >= 0.3 is 5.97 Å². The highest BCUT2D eigenvalue weighted by Gasteiger charge is 2.23. The van der Waals surface area contributed by atoms with Crippen molar-refractivity contribution in [2.24, 2.45) is 0 Å². The summed E-state index contributed by atoms with van der Waals surface area (Å²) in [5.41, 5.74) is 2.61. The summed E-state index contributed by atoms with van der Waals surface area (Å²) in [5, 5.41) is 0.571. The zero-order valence-corrected chi connectivity index (χ0v) is 12.9. The molecule has 5 heteroatoms. The minimum Gasteiger partial charge on any atom is -0.461 e. The fourth-order valence-corrected chi connectivity index (χ4v) is 2.37. The van der Waals surface area contributed by atoms with Gasteiger partial charge in [-0.25, -0.2) is 4.79 Å². The van der Waals surface area contributed by atoms with E-state index in [1.165, 1.54) is 0 Å². The van der Waals surface area contributed by atoms with Crippen LogP contribution in [-0.2, 0) is 4.74 Å². The second kappa shape index (κ2) is 6.14. The number of carbonyl (C=O) groups is 2. The Morgan fingerprint density at radius 1 is 1.19 bits per heavy atom. The van der Waals surface area contributed by atoms with Crippen molar-refractivity contribution < 1.29 is 14.3 Å². The molecule has 21 heavy (non-hydrogen) atoms. The maximum Gasteiger partial charge on any atom is 0.355 e. The Morgan fingerprint density at radius 3 is 2.38 bits per heavy atom. The minimum atomic E-state index is -0.451. The van der Waals surface area contributed by atoms with Gasteiger partial charge in [-0.1, -0.05) is 11.6 Å². The van der Waals surface area contributed by atoms with Crippen LogP contribution in [0.4, 0.5) is 0 Å². The number of aromatic nitrogens is 1. The van der Waals surface area contributed by atoms with E-state index in [0.29, 0.717) is 33.1 Å². The third kappa shape index (κ3) is 3.00. The molecule has 1 aromatic heterocycles. The summed E-state index contributed by atoms with van der Waals surface area (Å²) in [6.45, 7) is 5.53. The number of ketones is 1. The molecule has 2 rings (SSSR count). The van der Waals surface area contributed by atoms with Crippen molar-refractivity contribution in [3.05, 3.63) is 57.4 Å². The van der Waals surface area contributed by atoms with E-state index in [-0.39, 0.29) is 12.4 Å². The number of halogens is 1. The lowest BCUT2D eigenvalue weighted by molar-refractivity contribution is 0.0519. The number of benzene rings is 1. The standard InChI is InChI=1S/C16H16ClNO3/c1-4-21-16(20)14-9(2)13(10(3)18-14)15(19)11-5-7-12(17)8-6-11/h5-8,18H,4H2,1-3H3. The van der Waals surface area contributed by atoms with Crippen LogP contribution in [0.15, 0.2) is 24.3 Å². The summed E-state index contributed by atoms with van der Waals surface area (Å²) < 4.78 is 4.98. The van der Waals surface area contributed by atoms with Crippen molar-refractivity contribution in [1.29, 1.82) is 0 Å². The van der Waals surface area contributed by atoms with Gasteiger partial charge in [0.2, 0.25) is 0 Å². The lowest BCUT2D eigenvalue weighted by atomic mass is 10.00. The number of carbonyl (C=O) groups excluding carboxylic acids is 2. The summed E-state index contributed by atoms with van der Waals surface area (Å²) in [6, 6.07) is 6.66. The highest BCUT2D eigenvalue weighted by atomic mass is 35.5. The number of rotatable bonds is 4.